The van der Waals surface area contributed by atoms with E-state index in [4.69, 9.17) is 9.72 Å². The monoisotopic (exact) mass is 728 g/mol. The van der Waals surface area contributed by atoms with Crippen molar-refractivity contribution < 1.29 is 14.3 Å². The molecule has 0 saturated carbocycles. The van der Waals surface area contributed by atoms with Gasteiger partial charge in [-0.25, -0.2) is 14.6 Å². The lowest BCUT2D eigenvalue weighted by Gasteiger charge is -2.26. The van der Waals surface area contributed by atoms with Gasteiger partial charge in [-0.3, -0.25) is 9.59 Å². The van der Waals surface area contributed by atoms with Gasteiger partial charge < -0.3 is 26.0 Å². The zero-order chi connectivity index (χ0) is 37.4. The van der Waals surface area contributed by atoms with Crippen molar-refractivity contribution in [2.45, 2.75) is 85.0 Å². The number of anilines is 1. The van der Waals surface area contributed by atoms with E-state index in [1.54, 1.807) is 18.2 Å². The highest BCUT2D eigenvalue weighted by Gasteiger charge is 2.23. The number of hydrogen-bond donors (Lipinski definition) is 4. The number of pyridine rings is 2. The van der Waals surface area contributed by atoms with E-state index in [2.05, 4.69) is 88.5 Å². The number of rotatable bonds is 13. The minimum atomic E-state index is -0.362. The Labute approximate surface area is 317 Å². The van der Waals surface area contributed by atoms with Crippen molar-refractivity contribution in [3.8, 4) is 11.1 Å². The summed E-state index contributed by atoms with van der Waals surface area (Å²) in [5.74, 6) is 0.0197. The Hall–Kier alpha value is -5.13. The molecule has 3 aromatic heterocycles. The highest BCUT2D eigenvalue weighted by atomic mass is 16.5. The summed E-state index contributed by atoms with van der Waals surface area (Å²) in [7, 11) is 0. The summed E-state index contributed by atoms with van der Waals surface area (Å²) in [5.41, 5.74) is 9.88. The molecule has 11 heteroatoms. The molecule has 0 unspecified atom stereocenters. The van der Waals surface area contributed by atoms with Crippen LogP contribution in [0.5, 0.6) is 0 Å². The van der Waals surface area contributed by atoms with Gasteiger partial charge in [0.15, 0.2) is 5.65 Å². The normalized spacial score (nSPS) is 15.3. The van der Waals surface area contributed by atoms with Crippen LogP contribution >= 0.6 is 0 Å². The molecule has 0 bridgehead atoms. The highest BCUT2D eigenvalue weighted by Crippen LogP contribution is 2.32. The fourth-order valence-electron chi connectivity index (χ4n) is 7.70. The maximum Gasteiger partial charge on any atom is 0.270 e. The van der Waals surface area contributed by atoms with Gasteiger partial charge in [0.2, 0.25) is 0 Å². The van der Waals surface area contributed by atoms with Gasteiger partial charge >= 0.3 is 0 Å². The molecule has 0 spiro atoms. The van der Waals surface area contributed by atoms with Crippen molar-refractivity contribution in [1.29, 1.82) is 0 Å². The van der Waals surface area contributed by atoms with Crippen molar-refractivity contribution in [2.75, 3.05) is 31.6 Å². The van der Waals surface area contributed by atoms with Gasteiger partial charge in [-0.15, -0.1) is 0 Å². The number of carbonyl (C=O) groups is 2. The summed E-state index contributed by atoms with van der Waals surface area (Å²) < 4.78 is 7.50. The number of fused-ring (bicyclic) bond motifs is 1. The number of amides is 2. The zero-order valence-electron chi connectivity index (χ0n) is 31.7. The van der Waals surface area contributed by atoms with Crippen LogP contribution in [0.3, 0.4) is 0 Å². The van der Waals surface area contributed by atoms with Crippen LogP contribution in [0.1, 0.15) is 88.5 Å². The maximum atomic E-state index is 13.5. The molecule has 0 radical (unpaired) electrons. The van der Waals surface area contributed by atoms with Crippen molar-refractivity contribution in [3.63, 3.8) is 0 Å². The third-order valence-corrected chi connectivity index (χ3v) is 10.8. The molecule has 7 rings (SSSR count). The number of benzene rings is 2. The van der Waals surface area contributed by atoms with E-state index in [0.29, 0.717) is 32.7 Å². The third kappa shape index (κ3) is 8.63. The number of nitrogens with zero attached hydrogens (tertiary/aromatic N) is 4. The fourth-order valence-corrected chi connectivity index (χ4v) is 7.70. The lowest BCUT2D eigenvalue weighted by Crippen LogP contribution is -2.30. The van der Waals surface area contributed by atoms with Gasteiger partial charge in [-0.1, -0.05) is 49.4 Å². The molecule has 2 amide bonds. The van der Waals surface area contributed by atoms with E-state index in [1.165, 1.54) is 29.5 Å². The second kappa shape index (κ2) is 17.3. The van der Waals surface area contributed by atoms with Crippen LogP contribution in [0.4, 0.5) is 5.69 Å². The summed E-state index contributed by atoms with van der Waals surface area (Å²) >= 11 is 0. The average Bonchev–Trinajstić information content (AvgIpc) is 3.63. The summed E-state index contributed by atoms with van der Waals surface area (Å²) in [6, 6.07) is 20.4. The zero-order valence-corrected chi connectivity index (χ0v) is 31.7. The molecule has 282 valence electrons. The lowest BCUT2D eigenvalue weighted by molar-refractivity contribution is 0.0904. The number of aryl methyl sites for hydroxylation is 3. The smallest absolute Gasteiger partial charge is 0.270 e. The first-order chi connectivity index (χ1) is 26.4. The van der Waals surface area contributed by atoms with E-state index in [-0.39, 0.29) is 35.8 Å². The Balaban J connectivity index is 1.02. The van der Waals surface area contributed by atoms with Crippen LogP contribution in [-0.4, -0.2) is 63.9 Å². The second-order valence-electron chi connectivity index (χ2n) is 14.5. The summed E-state index contributed by atoms with van der Waals surface area (Å²) in [6.45, 7) is 11.2. The molecule has 2 aliphatic heterocycles. The number of hydrogen-bond acceptors (Lipinski definition) is 8. The van der Waals surface area contributed by atoms with Crippen molar-refractivity contribution in [1.82, 2.24) is 35.7 Å². The predicted molar refractivity (Wildman–Crippen MR) is 213 cm³/mol. The first kappa shape index (κ1) is 37.2. The van der Waals surface area contributed by atoms with Crippen molar-refractivity contribution >= 4 is 28.5 Å². The number of carbonyl (C=O) groups excluding carboxylic acids is 2. The standard InChI is InChI=1S/C43H52N8O3/c1-4-37-35(40(48-33-16-20-54-21-17-33)36-27-47-51(5-2)41(36)50-37)26-46-43(53)39-11-7-10-38(49-39)42(52)45-25-31-13-12-28(3)34(24-31)32-9-6-8-30(23-32)22-29-14-18-44-19-15-29/h6-13,23-24,27,29,33,44H,4-5,14-22,25-26H2,1-3H3,(H,45,52)(H,46,53)(H,48,50). The van der Waals surface area contributed by atoms with E-state index in [1.807, 2.05) is 16.9 Å². The van der Waals surface area contributed by atoms with Crippen LogP contribution in [-0.2, 0) is 37.2 Å². The topological polar surface area (TPSA) is 135 Å². The molecule has 2 saturated heterocycles. The molecule has 0 atom stereocenters. The minimum absolute atomic E-state index is 0.175. The summed E-state index contributed by atoms with van der Waals surface area (Å²) in [6.07, 6.45) is 7.88. The first-order valence-corrected chi connectivity index (χ1v) is 19.5. The Kier molecular flexibility index (Phi) is 11.9. The molecular formula is C43H52N8O3. The molecule has 2 aromatic carbocycles. The largest absolute Gasteiger partial charge is 0.381 e. The Bertz CT molecular complexity index is 2100. The molecule has 2 fully saturated rings. The number of nitrogens with one attached hydrogen (secondary N) is 4. The summed E-state index contributed by atoms with van der Waals surface area (Å²) in [5, 5.41) is 18.8. The molecule has 5 aromatic rings. The van der Waals surface area contributed by atoms with Crippen molar-refractivity contribution in [2.24, 2.45) is 5.92 Å². The maximum absolute atomic E-state index is 13.5. The van der Waals surface area contributed by atoms with Gasteiger partial charge in [-0.05, 0) is 117 Å². The third-order valence-electron chi connectivity index (χ3n) is 10.8. The van der Waals surface area contributed by atoms with Gasteiger partial charge in [0, 0.05) is 50.1 Å². The lowest BCUT2D eigenvalue weighted by atomic mass is 9.89. The number of piperidine rings is 1. The van der Waals surface area contributed by atoms with Crippen LogP contribution in [0.25, 0.3) is 22.2 Å². The molecule has 0 aliphatic carbocycles. The first-order valence-electron chi connectivity index (χ1n) is 19.5. The average molecular weight is 729 g/mol. The van der Waals surface area contributed by atoms with Crippen LogP contribution in [0, 0.1) is 12.8 Å². The molecule has 54 heavy (non-hydrogen) atoms. The second-order valence-corrected chi connectivity index (χ2v) is 14.5. The quantitative estimate of drug-likeness (QED) is 0.110. The van der Waals surface area contributed by atoms with Gasteiger partial charge in [0.1, 0.15) is 11.4 Å². The minimum Gasteiger partial charge on any atom is -0.381 e. The van der Waals surface area contributed by atoms with Gasteiger partial charge in [-0.2, -0.15) is 5.10 Å². The molecule has 4 N–H and O–H groups in total. The van der Waals surface area contributed by atoms with Gasteiger partial charge in [0.25, 0.3) is 11.8 Å². The number of ether oxygens (including phenoxy) is 1. The Morgan fingerprint density at radius 2 is 1.61 bits per heavy atom. The van der Waals surface area contributed by atoms with Crippen LogP contribution < -0.4 is 21.3 Å². The molecule has 5 heterocycles. The highest BCUT2D eigenvalue weighted by molar-refractivity contribution is 5.97. The number of aromatic nitrogens is 4. The SMILES string of the molecule is CCc1nc2c(cnn2CC)c(NC2CCOCC2)c1CNC(=O)c1cccc(C(=O)NCc2ccc(C)c(-c3cccc(CC4CCNCC4)c3)c2)n1. The van der Waals surface area contributed by atoms with Crippen LogP contribution in [0.15, 0.2) is 66.9 Å². The Morgan fingerprint density at radius 1 is 0.870 bits per heavy atom. The van der Waals surface area contributed by atoms with E-state index < -0.39 is 0 Å². The van der Waals surface area contributed by atoms with Gasteiger partial charge in [0.05, 0.1) is 17.3 Å². The van der Waals surface area contributed by atoms with E-state index in [9.17, 15) is 9.59 Å². The van der Waals surface area contributed by atoms with Crippen molar-refractivity contribution in [3.05, 3.63) is 106 Å². The van der Waals surface area contributed by atoms with E-state index in [0.717, 1.165) is 77.4 Å². The Morgan fingerprint density at radius 3 is 2.35 bits per heavy atom. The molecule has 2 aliphatic rings. The molecular weight excluding hydrogens is 677 g/mol. The molecule has 11 nitrogen and oxygen atoms in total. The van der Waals surface area contributed by atoms with Crippen LogP contribution in [0.2, 0.25) is 0 Å². The fraction of sp³-hybridized carbons (Fsp3) is 0.419. The predicted octanol–water partition coefficient (Wildman–Crippen LogP) is 6.38. The summed E-state index contributed by atoms with van der Waals surface area (Å²) in [4.78, 5) is 36.3. The van der Waals surface area contributed by atoms with E-state index >= 15 is 0 Å².